The molecule has 94 valence electrons. The van der Waals surface area contributed by atoms with Crippen LogP contribution in [0.3, 0.4) is 0 Å². The first-order valence-corrected chi connectivity index (χ1v) is 5.48. The largest absolute Gasteiger partial charge is 0.343 e. The lowest BCUT2D eigenvalue weighted by molar-refractivity contribution is 0.0943. The molecule has 6 nitrogen and oxygen atoms in total. The molecule has 0 bridgehead atoms. The summed E-state index contributed by atoms with van der Waals surface area (Å²) in [6.45, 7) is 2.89. The standard InChI is InChI=1S/C11H12FN5O/c1-2-17-7-14-16-10(17)6-13-11(18)8-4-3-5-9(12)15-8/h3-5,7H,2,6H2,1H3,(H,13,18). The van der Waals surface area contributed by atoms with Crippen LogP contribution in [0.4, 0.5) is 4.39 Å². The summed E-state index contributed by atoms with van der Waals surface area (Å²) < 4.78 is 14.6. The fourth-order valence-electron chi connectivity index (χ4n) is 1.46. The molecule has 0 aromatic carbocycles. The number of amides is 1. The molecular weight excluding hydrogens is 237 g/mol. The van der Waals surface area contributed by atoms with Crippen molar-refractivity contribution in [2.75, 3.05) is 0 Å². The second-order valence-electron chi connectivity index (χ2n) is 3.56. The third-order valence-electron chi connectivity index (χ3n) is 2.39. The van der Waals surface area contributed by atoms with Gasteiger partial charge in [0, 0.05) is 6.54 Å². The van der Waals surface area contributed by atoms with Gasteiger partial charge in [-0.2, -0.15) is 4.39 Å². The van der Waals surface area contributed by atoms with E-state index in [-0.39, 0.29) is 12.2 Å². The molecule has 0 unspecified atom stereocenters. The van der Waals surface area contributed by atoms with Crippen LogP contribution in [0, 0.1) is 5.95 Å². The first-order valence-electron chi connectivity index (χ1n) is 5.48. The smallest absolute Gasteiger partial charge is 0.270 e. The molecule has 2 aromatic heterocycles. The number of halogens is 1. The first kappa shape index (κ1) is 12.2. The summed E-state index contributed by atoms with van der Waals surface area (Å²) in [5.74, 6) is -0.484. The Balaban J connectivity index is 2.00. The van der Waals surface area contributed by atoms with E-state index >= 15 is 0 Å². The summed E-state index contributed by atoms with van der Waals surface area (Å²) in [4.78, 5) is 15.2. The predicted molar refractivity (Wildman–Crippen MR) is 61.1 cm³/mol. The Morgan fingerprint density at radius 3 is 3.06 bits per heavy atom. The molecule has 0 aliphatic heterocycles. The van der Waals surface area contributed by atoms with Crippen LogP contribution in [-0.2, 0) is 13.1 Å². The lowest BCUT2D eigenvalue weighted by Gasteiger charge is -2.05. The van der Waals surface area contributed by atoms with Crippen molar-refractivity contribution in [3.8, 4) is 0 Å². The van der Waals surface area contributed by atoms with Crippen molar-refractivity contribution in [2.24, 2.45) is 0 Å². The predicted octanol–water partition coefficient (Wildman–Crippen LogP) is 0.762. The zero-order valence-electron chi connectivity index (χ0n) is 9.80. The second-order valence-corrected chi connectivity index (χ2v) is 3.56. The minimum atomic E-state index is -0.681. The minimum absolute atomic E-state index is 0.0394. The summed E-state index contributed by atoms with van der Waals surface area (Å²) >= 11 is 0. The normalized spacial score (nSPS) is 10.3. The van der Waals surface area contributed by atoms with Gasteiger partial charge in [-0.15, -0.1) is 10.2 Å². The molecule has 1 amide bonds. The maximum atomic E-state index is 12.8. The van der Waals surface area contributed by atoms with E-state index in [4.69, 9.17) is 0 Å². The monoisotopic (exact) mass is 249 g/mol. The van der Waals surface area contributed by atoms with Gasteiger partial charge in [0.2, 0.25) is 5.95 Å². The number of carbonyl (C=O) groups is 1. The van der Waals surface area contributed by atoms with E-state index < -0.39 is 11.9 Å². The number of hydrogen-bond donors (Lipinski definition) is 1. The van der Waals surface area contributed by atoms with Crippen molar-refractivity contribution in [3.05, 3.63) is 42.0 Å². The summed E-state index contributed by atoms with van der Waals surface area (Å²) in [6, 6.07) is 4.07. The third kappa shape index (κ3) is 2.68. The van der Waals surface area contributed by atoms with Crippen molar-refractivity contribution in [1.29, 1.82) is 0 Å². The molecule has 0 saturated carbocycles. The van der Waals surface area contributed by atoms with Crippen LogP contribution in [-0.4, -0.2) is 25.7 Å². The lowest BCUT2D eigenvalue weighted by atomic mass is 10.3. The van der Waals surface area contributed by atoms with E-state index in [0.717, 1.165) is 6.54 Å². The molecule has 2 aromatic rings. The van der Waals surface area contributed by atoms with E-state index in [9.17, 15) is 9.18 Å². The zero-order valence-corrected chi connectivity index (χ0v) is 9.80. The molecule has 0 aliphatic carbocycles. The zero-order chi connectivity index (χ0) is 13.0. The highest BCUT2D eigenvalue weighted by molar-refractivity contribution is 5.92. The number of aromatic nitrogens is 4. The summed E-state index contributed by atoms with van der Waals surface area (Å²) in [5, 5.41) is 10.2. The third-order valence-corrected chi connectivity index (χ3v) is 2.39. The lowest BCUT2D eigenvalue weighted by Crippen LogP contribution is -2.25. The van der Waals surface area contributed by atoms with Gasteiger partial charge in [-0.1, -0.05) is 6.07 Å². The Hall–Kier alpha value is -2.31. The molecule has 0 radical (unpaired) electrons. The number of nitrogens with one attached hydrogen (secondary N) is 1. The van der Waals surface area contributed by atoms with Crippen molar-refractivity contribution in [2.45, 2.75) is 20.0 Å². The molecule has 0 saturated heterocycles. The Morgan fingerprint density at radius 1 is 1.50 bits per heavy atom. The van der Waals surface area contributed by atoms with E-state index in [1.807, 2.05) is 6.92 Å². The maximum Gasteiger partial charge on any atom is 0.270 e. The van der Waals surface area contributed by atoms with Gasteiger partial charge in [0.15, 0.2) is 5.82 Å². The van der Waals surface area contributed by atoms with Crippen LogP contribution in [0.2, 0.25) is 0 Å². The fraction of sp³-hybridized carbons (Fsp3) is 0.273. The number of pyridine rings is 1. The Labute approximate surface area is 103 Å². The summed E-state index contributed by atoms with van der Waals surface area (Å²) in [5.41, 5.74) is 0.0394. The average Bonchev–Trinajstić information content (AvgIpc) is 2.83. The molecule has 0 spiro atoms. The van der Waals surface area contributed by atoms with Gasteiger partial charge in [0.25, 0.3) is 5.91 Å². The molecule has 2 rings (SSSR count). The molecule has 0 aliphatic rings. The van der Waals surface area contributed by atoms with E-state index in [1.54, 1.807) is 10.9 Å². The van der Waals surface area contributed by atoms with Crippen LogP contribution in [0.5, 0.6) is 0 Å². The van der Waals surface area contributed by atoms with Crippen LogP contribution >= 0.6 is 0 Å². The van der Waals surface area contributed by atoms with Crippen molar-refractivity contribution in [1.82, 2.24) is 25.1 Å². The van der Waals surface area contributed by atoms with E-state index in [2.05, 4.69) is 20.5 Å². The molecule has 0 atom stereocenters. The summed E-state index contributed by atoms with van der Waals surface area (Å²) in [6.07, 6.45) is 1.59. The molecule has 2 heterocycles. The van der Waals surface area contributed by atoms with Crippen molar-refractivity contribution >= 4 is 5.91 Å². The highest BCUT2D eigenvalue weighted by Crippen LogP contribution is 1.99. The van der Waals surface area contributed by atoms with Gasteiger partial charge in [-0.25, -0.2) is 4.98 Å². The molecule has 18 heavy (non-hydrogen) atoms. The maximum absolute atomic E-state index is 12.8. The Bertz CT molecular complexity index is 554. The van der Waals surface area contributed by atoms with Crippen LogP contribution in [0.15, 0.2) is 24.5 Å². The van der Waals surface area contributed by atoms with Crippen LogP contribution in [0.1, 0.15) is 23.2 Å². The highest BCUT2D eigenvalue weighted by atomic mass is 19.1. The van der Waals surface area contributed by atoms with Crippen molar-refractivity contribution < 1.29 is 9.18 Å². The fourth-order valence-corrected chi connectivity index (χ4v) is 1.46. The summed E-state index contributed by atoms with van der Waals surface area (Å²) in [7, 11) is 0. The van der Waals surface area contributed by atoms with Crippen LogP contribution < -0.4 is 5.32 Å². The number of carbonyl (C=O) groups excluding carboxylic acids is 1. The van der Waals surface area contributed by atoms with Gasteiger partial charge in [-0.3, -0.25) is 4.79 Å². The molecule has 7 heteroatoms. The van der Waals surface area contributed by atoms with Gasteiger partial charge in [0.1, 0.15) is 12.0 Å². The quantitative estimate of drug-likeness (QED) is 0.812. The SMILES string of the molecule is CCn1cnnc1CNC(=O)c1cccc(F)n1. The highest BCUT2D eigenvalue weighted by Gasteiger charge is 2.09. The van der Waals surface area contributed by atoms with Crippen LogP contribution in [0.25, 0.3) is 0 Å². The van der Waals surface area contributed by atoms with Gasteiger partial charge < -0.3 is 9.88 Å². The Kier molecular flexibility index (Phi) is 3.61. The van der Waals surface area contributed by atoms with Gasteiger partial charge in [-0.05, 0) is 19.1 Å². The number of hydrogen-bond acceptors (Lipinski definition) is 4. The number of rotatable bonds is 4. The Morgan fingerprint density at radius 2 is 2.33 bits per heavy atom. The second kappa shape index (κ2) is 5.35. The first-order chi connectivity index (χ1) is 8.70. The molecule has 1 N–H and O–H groups in total. The van der Waals surface area contributed by atoms with E-state index in [0.29, 0.717) is 5.82 Å². The topological polar surface area (TPSA) is 72.7 Å². The molecular formula is C11H12FN5O. The van der Waals surface area contributed by atoms with E-state index in [1.165, 1.54) is 18.2 Å². The number of nitrogens with zero attached hydrogens (tertiary/aromatic N) is 4. The van der Waals surface area contributed by atoms with Crippen molar-refractivity contribution in [3.63, 3.8) is 0 Å². The number of aryl methyl sites for hydroxylation is 1. The minimum Gasteiger partial charge on any atom is -0.343 e. The molecule has 0 fully saturated rings. The van der Waals surface area contributed by atoms with Gasteiger partial charge >= 0.3 is 0 Å². The average molecular weight is 249 g/mol. The van der Waals surface area contributed by atoms with Gasteiger partial charge in [0.05, 0.1) is 6.54 Å².